The van der Waals surface area contributed by atoms with Crippen LogP contribution in [-0.4, -0.2) is 0 Å². The van der Waals surface area contributed by atoms with E-state index in [1.807, 2.05) is 18.2 Å². The van der Waals surface area contributed by atoms with E-state index in [1.165, 1.54) is 0 Å². The van der Waals surface area contributed by atoms with E-state index in [0.29, 0.717) is 28.1 Å². The lowest BCUT2D eigenvalue weighted by Gasteiger charge is -2.10. The van der Waals surface area contributed by atoms with Crippen LogP contribution in [0.4, 0.5) is 5.69 Å². The highest BCUT2D eigenvalue weighted by Gasteiger charge is 2.04. The van der Waals surface area contributed by atoms with Crippen molar-refractivity contribution in [1.29, 1.82) is 0 Å². The van der Waals surface area contributed by atoms with Crippen LogP contribution >= 0.6 is 39.1 Å². The number of hydrogen-bond donors (Lipinski definition) is 1. The Morgan fingerprint density at radius 2 is 1.72 bits per heavy atom. The molecule has 0 heterocycles. The highest BCUT2D eigenvalue weighted by molar-refractivity contribution is 9.10. The van der Waals surface area contributed by atoms with E-state index in [0.717, 1.165) is 10.0 Å². The van der Waals surface area contributed by atoms with Gasteiger partial charge in [-0.25, -0.2) is 0 Å². The first-order valence-electron chi connectivity index (χ1n) is 5.18. The number of nitrogens with two attached hydrogens (primary N) is 1. The Bertz CT molecular complexity index is 523. The molecule has 0 aliphatic carbocycles. The zero-order valence-corrected chi connectivity index (χ0v) is 12.4. The molecule has 18 heavy (non-hydrogen) atoms. The lowest BCUT2D eigenvalue weighted by molar-refractivity contribution is 0.307. The lowest BCUT2D eigenvalue weighted by atomic mass is 10.2. The third-order valence-corrected chi connectivity index (χ3v) is 3.58. The predicted molar refractivity (Wildman–Crippen MR) is 79.3 cm³/mol. The highest BCUT2D eigenvalue weighted by atomic mass is 79.9. The van der Waals surface area contributed by atoms with E-state index in [-0.39, 0.29) is 0 Å². The van der Waals surface area contributed by atoms with Crippen molar-refractivity contribution in [2.45, 2.75) is 6.61 Å². The van der Waals surface area contributed by atoms with Gasteiger partial charge >= 0.3 is 0 Å². The second kappa shape index (κ2) is 5.83. The van der Waals surface area contributed by atoms with Gasteiger partial charge < -0.3 is 10.5 Å². The molecule has 2 N–H and O–H groups in total. The minimum atomic E-state index is 0.406. The molecule has 0 unspecified atom stereocenters. The normalized spacial score (nSPS) is 10.4. The Morgan fingerprint density at radius 1 is 1.06 bits per heavy atom. The molecule has 2 nitrogen and oxygen atoms in total. The Kier molecular flexibility index (Phi) is 4.38. The van der Waals surface area contributed by atoms with Crippen molar-refractivity contribution in [3.05, 3.63) is 56.5 Å². The number of anilines is 1. The molecule has 2 rings (SSSR count). The average molecular weight is 347 g/mol. The number of halogens is 3. The first kappa shape index (κ1) is 13.5. The summed E-state index contributed by atoms with van der Waals surface area (Å²) in [6.45, 7) is 0.406. The van der Waals surface area contributed by atoms with Crippen LogP contribution in [0.5, 0.6) is 5.75 Å². The van der Waals surface area contributed by atoms with Crippen LogP contribution in [0, 0.1) is 0 Å². The second-order valence-corrected chi connectivity index (χ2v) is 5.43. The molecule has 0 radical (unpaired) electrons. The zero-order valence-electron chi connectivity index (χ0n) is 9.29. The third-order valence-electron chi connectivity index (χ3n) is 2.37. The van der Waals surface area contributed by atoms with Gasteiger partial charge in [-0.15, -0.1) is 0 Å². The fourth-order valence-corrected chi connectivity index (χ4v) is 2.42. The van der Waals surface area contributed by atoms with Crippen LogP contribution in [0.15, 0.2) is 40.9 Å². The van der Waals surface area contributed by atoms with Crippen molar-refractivity contribution >= 4 is 44.8 Å². The standard InChI is InChI=1S/C13H10BrCl2NO/c14-11-5-9(15)2-1-8(11)7-18-13-4-3-10(16)6-12(13)17/h1-6H,7,17H2. The SMILES string of the molecule is Nc1cc(Cl)ccc1OCc1ccc(Cl)cc1Br. The minimum absolute atomic E-state index is 0.406. The average Bonchev–Trinajstić information content (AvgIpc) is 2.30. The van der Waals surface area contributed by atoms with Gasteiger partial charge in [0, 0.05) is 20.1 Å². The highest BCUT2D eigenvalue weighted by Crippen LogP contribution is 2.27. The smallest absolute Gasteiger partial charge is 0.142 e. The van der Waals surface area contributed by atoms with Crippen LogP contribution in [0.3, 0.4) is 0 Å². The first-order chi connectivity index (χ1) is 8.56. The molecular formula is C13H10BrCl2NO. The van der Waals surface area contributed by atoms with Gasteiger partial charge in [-0.3, -0.25) is 0 Å². The van der Waals surface area contributed by atoms with Crippen LogP contribution < -0.4 is 10.5 Å². The summed E-state index contributed by atoms with van der Waals surface area (Å²) in [5.41, 5.74) is 7.32. The molecule has 0 spiro atoms. The van der Waals surface area contributed by atoms with Gasteiger partial charge in [-0.2, -0.15) is 0 Å². The Labute approximate surface area is 124 Å². The molecule has 0 bridgehead atoms. The van der Waals surface area contributed by atoms with Gasteiger partial charge in [0.2, 0.25) is 0 Å². The van der Waals surface area contributed by atoms with E-state index < -0.39 is 0 Å². The quantitative estimate of drug-likeness (QED) is 0.801. The molecule has 0 saturated carbocycles. The second-order valence-electron chi connectivity index (χ2n) is 3.71. The fourth-order valence-electron chi connectivity index (χ4n) is 1.45. The monoisotopic (exact) mass is 345 g/mol. The molecule has 94 valence electrons. The van der Waals surface area contributed by atoms with Crippen LogP contribution in [0.25, 0.3) is 0 Å². The number of ether oxygens (including phenoxy) is 1. The number of hydrogen-bond acceptors (Lipinski definition) is 2. The predicted octanol–water partition coefficient (Wildman–Crippen LogP) is 4.92. The van der Waals surface area contributed by atoms with Crippen LogP contribution in [0.1, 0.15) is 5.56 Å². The fraction of sp³-hybridized carbons (Fsp3) is 0.0769. The molecule has 0 fully saturated rings. The van der Waals surface area contributed by atoms with Gasteiger partial charge in [0.15, 0.2) is 0 Å². The Balaban J connectivity index is 2.11. The van der Waals surface area contributed by atoms with Gasteiger partial charge in [-0.05, 0) is 30.3 Å². The maximum atomic E-state index is 5.87. The maximum absolute atomic E-state index is 5.87. The minimum Gasteiger partial charge on any atom is -0.487 e. The maximum Gasteiger partial charge on any atom is 0.142 e. The van der Waals surface area contributed by atoms with Crippen molar-refractivity contribution < 1.29 is 4.74 Å². The third kappa shape index (κ3) is 3.31. The molecule has 0 aromatic heterocycles. The largest absolute Gasteiger partial charge is 0.487 e. The zero-order chi connectivity index (χ0) is 13.1. The molecule has 0 atom stereocenters. The van der Waals surface area contributed by atoms with Crippen molar-refractivity contribution in [3.63, 3.8) is 0 Å². The molecule has 0 aliphatic rings. The summed E-state index contributed by atoms with van der Waals surface area (Å²) in [7, 11) is 0. The van der Waals surface area contributed by atoms with E-state index in [4.69, 9.17) is 33.7 Å². The summed E-state index contributed by atoms with van der Waals surface area (Å²) in [6.07, 6.45) is 0. The summed E-state index contributed by atoms with van der Waals surface area (Å²) < 4.78 is 6.55. The Morgan fingerprint density at radius 3 is 2.39 bits per heavy atom. The summed E-state index contributed by atoms with van der Waals surface area (Å²) in [5, 5.41) is 1.27. The van der Waals surface area contributed by atoms with Gasteiger partial charge in [0.05, 0.1) is 5.69 Å². The van der Waals surface area contributed by atoms with Crippen molar-refractivity contribution in [1.82, 2.24) is 0 Å². The molecule has 5 heteroatoms. The summed E-state index contributed by atoms with van der Waals surface area (Å²) in [4.78, 5) is 0. The van der Waals surface area contributed by atoms with Gasteiger partial charge in [-0.1, -0.05) is 45.2 Å². The molecule has 2 aromatic carbocycles. The first-order valence-corrected chi connectivity index (χ1v) is 6.73. The van der Waals surface area contributed by atoms with Crippen molar-refractivity contribution in [2.24, 2.45) is 0 Å². The summed E-state index contributed by atoms with van der Waals surface area (Å²) in [5.74, 6) is 0.612. The van der Waals surface area contributed by atoms with E-state index in [9.17, 15) is 0 Å². The number of rotatable bonds is 3. The van der Waals surface area contributed by atoms with Gasteiger partial charge in [0.25, 0.3) is 0 Å². The number of benzene rings is 2. The topological polar surface area (TPSA) is 35.2 Å². The lowest BCUT2D eigenvalue weighted by Crippen LogP contribution is -1.99. The van der Waals surface area contributed by atoms with Crippen molar-refractivity contribution in [3.8, 4) is 5.75 Å². The van der Waals surface area contributed by atoms with E-state index in [1.54, 1.807) is 18.2 Å². The molecule has 0 amide bonds. The number of nitrogen functional groups attached to an aromatic ring is 1. The van der Waals surface area contributed by atoms with E-state index in [2.05, 4.69) is 15.9 Å². The summed E-state index contributed by atoms with van der Waals surface area (Å²) >= 11 is 15.1. The Hall–Kier alpha value is -0.900. The molecule has 0 saturated heterocycles. The van der Waals surface area contributed by atoms with Crippen molar-refractivity contribution in [2.75, 3.05) is 5.73 Å². The molecule has 2 aromatic rings. The van der Waals surface area contributed by atoms with Crippen LogP contribution in [-0.2, 0) is 6.61 Å². The summed E-state index contributed by atoms with van der Waals surface area (Å²) in [6, 6.07) is 10.7. The van der Waals surface area contributed by atoms with E-state index >= 15 is 0 Å². The van der Waals surface area contributed by atoms with Crippen LogP contribution in [0.2, 0.25) is 10.0 Å². The molecule has 0 aliphatic heterocycles. The van der Waals surface area contributed by atoms with Gasteiger partial charge in [0.1, 0.15) is 12.4 Å². The molecular weight excluding hydrogens is 337 g/mol.